The Morgan fingerprint density at radius 2 is 2.06 bits per heavy atom. The highest BCUT2D eigenvalue weighted by Crippen LogP contribution is 2.38. The van der Waals surface area contributed by atoms with Crippen molar-refractivity contribution >= 4 is 10.9 Å². The molecule has 3 heteroatoms. The van der Waals surface area contributed by atoms with Crippen molar-refractivity contribution in [1.29, 1.82) is 0 Å². The van der Waals surface area contributed by atoms with Crippen molar-refractivity contribution in [2.45, 2.75) is 25.1 Å². The van der Waals surface area contributed by atoms with Crippen molar-refractivity contribution in [2.24, 2.45) is 0 Å². The second-order valence-corrected chi connectivity index (χ2v) is 4.22. The van der Waals surface area contributed by atoms with Crippen LogP contribution in [0.3, 0.4) is 0 Å². The van der Waals surface area contributed by atoms with E-state index in [0.717, 1.165) is 10.9 Å². The second kappa shape index (κ2) is 3.52. The first kappa shape index (κ1) is 9.73. The van der Waals surface area contributed by atoms with Gasteiger partial charge in [-0.25, -0.2) is 9.37 Å². The Bertz CT molecular complexity index is 492. The number of aliphatic hydroxyl groups excluding tert-OH is 1. The van der Waals surface area contributed by atoms with Gasteiger partial charge in [-0.15, -0.1) is 0 Å². The van der Waals surface area contributed by atoms with Gasteiger partial charge in [-0.2, -0.15) is 0 Å². The Balaban J connectivity index is 2.28. The number of alkyl halides is 1. The summed E-state index contributed by atoms with van der Waals surface area (Å²) in [6, 6.07) is 9.40. The normalized spacial score (nSPS) is 24.4. The molecule has 1 aliphatic rings. The van der Waals surface area contributed by atoms with E-state index in [1.54, 1.807) is 0 Å². The first-order valence-electron chi connectivity index (χ1n) is 5.47. The predicted octanol–water partition coefficient (Wildman–Crippen LogP) is 3.07. The maximum absolute atomic E-state index is 13.7. The Morgan fingerprint density at radius 3 is 2.94 bits per heavy atom. The van der Waals surface area contributed by atoms with Crippen LogP contribution in [0.15, 0.2) is 30.3 Å². The summed E-state index contributed by atoms with van der Waals surface area (Å²) in [6.07, 6.45) is -0.768. The van der Waals surface area contributed by atoms with E-state index in [9.17, 15) is 9.50 Å². The van der Waals surface area contributed by atoms with Crippen molar-refractivity contribution in [3.63, 3.8) is 0 Å². The lowest BCUT2D eigenvalue weighted by molar-refractivity contribution is 0.126. The van der Waals surface area contributed by atoms with Gasteiger partial charge in [0.15, 0.2) is 0 Å². The minimum Gasteiger partial charge on any atom is -0.387 e. The third-order valence-corrected chi connectivity index (χ3v) is 3.13. The fraction of sp³-hybridized carbons (Fsp3) is 0.308. The van der Waals surface area contributed by atoms with Crippen LogP contribution in [0.4, 0.5) is 4.39 Å². The number of aromatic nitrogens is 1. The lowest BCUT2D eigenvalue weighted by Gasteiger charge is -2.23. The molecule has 1 aromatic carbocycles. The SMILES string of the molecule is OC1CCC(F)c2cc3ccccc3nc21. The smallest absolute Gasteiger partial charge is 0.127 e. The van der Waals surface area contributed by atoms with Crippen molar-refractivity contribution < 1.29 is 9.50 Å². The Kier molecular flexibility index (Phi) is 2.14. The molecule has 16 heavy (non-hydrogen) atoms. The average Bonchev–Trinajstić information content (AvgIpc) is 2.32. The van der Waals surface area contributed by atoms with E-state index in [4.69, 9.17) is 0 Å². The molecule has 1 aliphatic carbocycles. The standard InChI is InChI=1S/C13H12FNO/c14-10-5-6-12(16)13-9(10)7-8-3-1-2-4-11(8)15-13/h1-4,7,10,12,16H,5-6H2. The number of halogens is 1. The molecule has 2 atom stereocenters. The van der Waals surface area contributed by atoms with Crippen molar-refractivity contribution in [3.05, 3.63) is 41.6 Å². The molecule has 1 heterocycles. The monoisotopic (exact) mass is 217 g/mol. The molecule has 0 bridgehead atoms. The molecule has 0 saturated heterocycles. The van der Waals surface area contributed by atoms with Crippen LogP contribution in [0.2, 0.25) is 0 Å². The lowest BCUT2D eigenvalue weighted by Crippen LogP contribution is -2.13. The zero-order chi connectivity index (χ0) is 11.1. The summed E-state index contributed by atoms with van der Waals surface area (Å²) in [6.45, 7) is 0. The number of pyridine rings is 1. The number of nitrogens with zero attached hydrogens (tertiary/aromatic N) is 1. The van der Waals surface area contributed by atoms with Gasteiger partial charge in [0.25, 0.3) is 0 Å². The third-order valence-electron chi connectivity index (χ3n) is 3.13. The van der Waals surface area contributed by atoms with E-state index in [2.05, 4.69) is 4.98 Å². The number of hydrogen-bond donors (Lipinski definition) is 1. The molecule has 0 saturated carbocycles. The molecule has 0 fully saturated rings. The van der Waals surface area contributed by atoms with Gasteiger partial charge in [0.05, 0.1) is 17.3 Å². The number of fused-ring (bicyclic) bond motifs is 2. The fourth-order valence-corrected chi connectivity index (χ4v) is 2.26. The zero-order valence-electron chi connectivity index (χ0n) is 8.73. The largest absolute Gasteiger partial charge is 0.387 e. The molecule has 3 rings (SSSR count). The molecule has 0 radical (unpaired) electrons. The molecule has 0 amide bonds. The van der Waals surface area contributed by atoms with Gasteiger partial charge < -0.3 is 5.11 Å². The van der Waals surface area contributed by atoms with Gasteiger partial charge in [-0.1, -0.05) is 18.2 Å². The molecule has 2 aromatic rings. The van der Waals surface area contributed by atoms with E-state index in [1.165, 1.54) is 0 Å². The molecule has 0 spiro atoms. The molecular weight excluding hydrogens is 205 g/mol. The molecule has 82 valence electrons. The molecular formula is C13H12FNO. The van der Waals surface area contributed by atoms with E-state index < -0.39 is 12.3 Å². The second-order valence-electron chi connectivity index (χ2n) is 4.22. The van der Waals surface area contributed by atoms with Crippen LogP contribution < -0.4 is 0 Å². The van der Waals surface area contributed by atoms with Gasteiger partial charge in [-0.3, -0.25) is 0 Å². The quantitative estimate of drug-likeness (QED) is 0.735. The maximum Gasteiger partial charge on any atom is 0.127 e. The van der Waals surface area contributed by atoms with Crippen molar-refractivity contribution in [3.8, 4) is 0 Å². The van der Waals surface area contributed by atoms with E-state index in [-0.39, 0.29) is 0 Å². The van der Waals surface area contributed by atoms with Crippen LogP contribution in [0.5, 0.6) is 0 Å². The molecule has 1 N–H and O–H groups in total. The average molecular weight is 217 g/mol. The van der Waals surface area contributed by atoms with Crippen LogP contribution in [-0.4, -0.2) is 10.1 Å². The highest BCUT2D eigenvalue weighted by molar-refractivity contribution is 5.79. The van der Waals surface area contributed by atoms with Gasteiger partial charge in [0.1, 0.15) is 6.17 Å². The summed E-state index contributed by atoms with van der Waals surface area (Å²) in [5, 5.41) is 10.7. The zero-order valence-corrected chi connectivity index (χ0v) is 8.73. The highest BCUT2D eigenvalue weighted by Gasteiger charge is 2.27. The van der Waals surface area contributed by atoms with Crippen LogP contribution in [0, 0.1) is 0 Å². The van der Waals surface area contributed by atoms with Crippen LogP contribution in [0.25, 0.3) is 10.9 Å². The molecule has 2 nitrogen and oxygen atoms in total. The summed E-state index contributed by atoms with van der Waals surface area (Å²) in [5.74, 6) is 0. The van der Waals surface area contributed by atoms with Gasteiger partial charge in [0, 0.05) is 10.9 Å². The number of benzene rings is 1. The number of hydrogen-bond acceptors (Lipinski definition) is 2. The summed E-state index contributed by atoms with van der Waals surface area (Å²) in [5.41, 5.74) is 1.88. The van der Waals surface area contributed by atoms with E-state index in [1.807, 2.05) is 30.3 Å². The molecule has 0 aliphatic heterocycles. The summed E-state index contributed by atoms with van der Waals surface area (Å²) >= 11 is 0. The first-order chi connectivity index (χ1) is 7.75. The van der Waals surface area contributed by atoms with Crippen molar-refractivity contribution in [1.82, 2.24) is 4.98 Å². The number of rotatable bonds is 0. The first-order valence-corrected chi connectivity index (χ1v) is 5.47. The lowest BCUT2D eigenvalue weighted by atomic mass is 9.91. The fourth-order valence-electron chi connectivity index (χ4n) is 2.26. The summed E-state index contributed by atoms with van der Waals surface area (Å²) in [4.78, 5) is 4.36. The van der Waals surface area contributed by atoms with Crippen LogP contribution >= 0.6 is 0 Å². The predicted molar refractivity (Wildman–Crippen MR) is 59.8 cm³/mol. The minimum absolute atomic E-state index is 0.383. The van der Waals surface area contributed by atoms with Crippen LogP contribution in [-0.2, 0) is 0 Å². The van der Waals surface area contributed by atoms with Crippen LogP contribution in [0.1, 0.15) is 36.4 Å². The van der Waals surface area contributed by atoms with Gasteiger partial charge in [-0.05, 0) is 25.0 Å². The highest BCUT2D eigenvalue weighted by atomic mass is 19.1. The molecule has 2 unspecified atom stereocenters. The maximum atomic E-state index is 13.7. The molecule has 1 aromatic heterocycles. The van der Waals surface area contributed by atoms with Crippen molar-refractivity contribution in [2.75, 3.05) is 0 Å². The number of aliphatic hydroxyl groups is 1. The van der Waals surface area contributed by atoms with E-state index in [0.29, 0.717) is 24.1 Å². The topological polar surface area (TPSA) is 33.1 Å². The van der Waals surface area contributed by atoms with Gasteiger partial charge >= 0.3 is 0 Å². The van der Waals surface area contributed by atoms with E-state index >= 15 is 0 Å². The Labute approximate surface area is 92.7 Å². The third kappa shape index (κ3) is 1.39. The summed E-state index contributed by atoms with van der Waals surface area (Å²) < 4.78 is 13.7. The Hall–Kier alpha value is -1.48. The Morgan fingerprint density at radius 1 is 1.25 bits per heavy atom. The van der Waals surface area contributed by atoms with Gasteiger partial charge in [0.2, 0.25) is 0 Å². The number of para-hydroxylation sites is 1. The minimum atomic E-state index is -0.990. The summed E-state index contributed by atoms with van der Waals surface area (Å²) in [7, 11) is 0.